The Morgan fingerprint density at radius 1 is 1.18 bits per heavy atom. The Kier molecular flexibility index (Phi) is 4.57. The number of piperidine rings is 1. The van der Waals surface area contributed by atoms with E-state index >= 15 is 0 Å². The van der Waals surface area contributed by atoms with Crippen molar-refractivity contribution in [1.82, 2.24) is 4.90 Å². The average molecular weight is 390 g/mol. The number of nitrogens with zero attached hydrogens (tertiary/aromatic N) is 1. The van der Waals surface area contributed by atoms with Crippen molar-refractivity contribution in [3.8, 4) is 5.75 Å². The Morgan fingerprint density at radius 2 is 1.82 bits per heavy atom. The summed E-state index contributed by atoms with van der Waals surface area (Å²) in [4.78, 5) is 1.86. The van der Waals surface area contributed by atoms with Crippen LogP contribution in [0.2, 0.25) is 0 Å². The van der Waals surface area contributed by atoms with Crippen molar-refractivity contribution in [2.24, 2.45) is 0 Å². The number of likely N-dealkylation sites (tertiary alicyclic amines) is 1. The van der Waals surface area contributed by atoms with Gasteiger partial charge < -0.3 is 10.4 Å². The van der Waals surface area contributed by atoms with Crippen LogP contribution in [-0.4, -0.2) is 34.3 Å². The number of alkyl halides is 1. The number of halogens is 3. The second-order valence-electron chi connectivity index (χ2n) is 8.61. The summed E-state index contributed by atoms with van der Waals surface area (Å²) < 4.78 is 44.4. The van der Waals surface area contributed by atoms with Gasteiger partial charge >= 0.3 is 0 Å². The molecular weight excluding hydrogens is 365 g/mol. The summed E-state index contributed by atoms with van der Waals surface area (Å²) >= 11 is 0. The highest BCUT2D eigenvalue weighted by Crippen LogP contribution is 2.51. The van der Waals surface area contributed by atoms with Crippen LogP contribution in [0.3, 0.4) is 0 Å². The third kappa shape index (κ3) is 3.24. The normalized spacial score (nSPS) is 27.2. The fourth-order valence-corrected chi connectivity index (χ4v) is 4.87. The van der Waals surface area contributed by atoms with Gasteiger partial charge in [-0.15, -0.1) is 0 Å². The first-order valence-corrected chi connectivity index (χ1v) is 9.64. The number of hydrogen-bond donors (Lipinski definition) is 2. The molecule has 2 heterocycles. The SMILES string of the molecule is C[C@@H]1CC2c3ccccc3NC2[C@@H](c2c(F)cc(O)cc2F)N1CC(C)(C)F. The van der Waals surface area contributed by atoms with Crippen LogP contribution in [-0.2, 0) is 0 Å². The van der Waals surface area contributed by atoms with Gasteiger partial charge in [-0.05, 0) is 38.8 Å². The summed E-state index contributed by atoms with van der Waals surface area (Å²) in [7, 11) is 0. The molecule has 1 saturated heterocycles. The zero-order valence-corrected chi connectivity index (χ0v) is 16.2. The highest BCUT2D eigenvalue weighted by atomic mass is 19.1. The monoisotopic (exact) mass is 390 g/mol. The van der Waals surface area contributed by atoms with Crippen LogP contribution in [0.15, 0.2) is 36.4 Å². The van der Waals surface area contributed by atoms with Crippen molar-refractivity contribution in [2.45, 2.75) is 56.9 Å². The third-order valence-electron chi connectivity index (χ3n) is 5.89. The maximum absolute atomic E-state index is 14.9. The summed E-state index contributed by atoms with van der Waals surface area (Å²) in [6.45, 7) is 4.98. The molecule has 2 N–H and O–H groups in total. The van der Waals surface area contributed by atoms with Gasteiger partial charge in [-0.25, -0.2) is 13.2 Å². The lowest BCUT2D eigenvalue weighted by Crippen LogP contribution is -2.54. The second kappa shape index (κ2) is 6.69. The number of benzene rings is 2. The van der Waals surface area contributed by atoms with Gasteiger partial charge in [0.1, 0.15) is 23.1 Å². The van der Waals surface area contributed by atoms with E-state index in [-0.39, 0.29) is 30.1 Å². The first-order chi connectivity index (χ1) is 13.2. The van der Waals surface area contributed by atoms with Crippen molar-refractivity contribution in [2.75, 3.05) is 11.9 Å². The number of fused-ring (bicyclic) bond motifs is 3. The van der Waals surface area contributed by atoms with E-state index in [1.54, 1.807) is 0 Å². The van der Waals surface area contributed by atoms with E-state index in [2.05, 4.69) is 5.32 Å². The van der Waals surface area contributed by atoms with Crippen molar-refractivity contribution in [1.29, 1.82) is 0 Å². The largest absolute Gasteiger partial charge is 0.508 e. The minimum atomic E-state index is -1.52. The van der Waals surface area contributed by atoms with E-state index < -0.39 is 29.1 Å². The standard InChI is InChI=1S/C22H25F3N2O/c1-12-8-15-14-6-4-5-7-18(14)26-20(15)21(27(12)11-22(2,3)25)19-16(23)9-13(28)10-17(19)24/h4-7,9-10,12,15,20-21,26,28H,8,11H2,1-3H3/t12-,15?,20?,21-/m1/s1. The Hall–Kier alpha value is -2.21. The Morgan fingerprint density at radius 3 is 2.46 bits per heavy atom. The molecule has 2 aromatic carbocycles. The van der Waals surface area contributed by atoms with E-state index in [1.165, 1.54) is 13.8 Å². The number of aromatic hydroxyl groups is 1. The zero-order valence-electron chi connectivity index (χ0n) is 16.2. The fraction of sp³-hybridized carbons (Fsp3) is 0.455. The lowest BCUT2D eigenvalue weighted by molar-refractivity contribution is 0.0194. The highest BCUT2D eigenvalue weighted by Gasteiger charge is 2.49. The quantitative estimate of drug-likeness (QED) is 0.763. The van der Waals surface area contributed by atoms with Gasteiger partial charge in [0.15, 0.2) is 0 Å². The van der Waals surface area contributed by atoms with Gasteiger partial charge in [-0.1, -0.05) is 18.2 Å². The lowest BCUT2D eigenvalue weighted by atomic mass is 9.77. The lowest BCUT2D eigenvalue weighted by Gasteiger charge is -2.48. The number of hydrogen-bond acceptors (Lipinski definition) is 3. The minimum Gasteiger partial charge on any atom is -0.508 e. The summed E-state index contributed by atoms with van der Waals surface area (Å²) in [5, 5.41) is 13.0. The molecule has 4 rings (SSSR count). The molecule has 150 valence electrons. The predicted molar refractivity (Wildman–Crippen MR) is 103 cm³/mol. The molecule has 0 amide bonds. The van der Waals surface area contributed by atoms with Crippen molar-refractivity contribution in [3.05, 3.63) is 59.2 Å². The number of para-hydroxylation sites is 1. The molecule has 1 fully saturated rings. The van der Waals surface area contributed by atoms with Crippen LogP contribution in [0.1, 0.15) is 50.3 Å². The topological polar surface area (TPSA) is 35.5 Å². The molecule has 3 nitrogen and oxygen atoms in total. The van der Waals surface area contributed by atoms with Gasteiger partial charge in [-0.3, -0.25) is 4.90 Å². The maximum atomic E-state index is 14.9. The van der Waals surface area contributed by atoms with Crippen molar-refractivity contribution < 1.29 is 18.3 Å². The zero-order chi connectivity index (χ0) is 20.2. The van der Waals surface area contributed by atoms with Crippen LogP contribution in [0, 0.1) is 11.6 Å². The van der Waals surface area contributed by atoms with E-state index in [4.69, 9.17) is 0 Å². The molecule has 2 unspecified atom stereocenters. The van der Waals surface area contributed by atoms with E-state index in [0.717, 1.165) is 29.8 Å². The minimum absolute atomic E-state index is 0.0554. The number of phenols is 1. The van der Waals surface area contributed by atoms with Gasteiger partial charge in [0.2, 0.25) is 0 Å². The van der Waals surface area contributed by atoms with Gasteiger partial charge in [0.05, 0.1) is 12.1 Å². The third-order valence-corrected chi connectivity index (χ3v) is 5.89. The fourth-order valence-electron chi connectivity index (χ4n) is 4.87. The first kappa shape index (κ1) is 19.1. The van der Waals surface area contributed by atoms with E-state index in [9.17, 15) is 18.3 Å². The molecule has 0 aliphatic carbocycles. The molecule has 0 bridgehead atoms. The summed E-state index contributed by atoms with van der Waals surface area (Å²) in [5.41, 5.74) is 0.442. The molecule has 2 aliphatic rings. The smallest absolute Gasteiger partial charge is 0.134 e. The van der Waals surface area contributed by atoms with E-state index in [1.807, 2.05) is 36.1 Å². The van der Waals surface area contributed by atoms with Crippen LogP contribution in [0.5, 0.6) is 5.75 Å². The van der Waals surface area contributed by atoms with Crippen LogP contribution < -0.4 is 5.32 Å². The van der Waals surface area contributed by atoms with Crippen LogP contribution in [0.4, 0.5) is 18.9 Å². The van der Waals surface area contributed by atoms with Gasteiger partial charge in [0, 0.05) is 41.9 Å². The number of anilines is 1. The Balaban J connectivity index is 1.84. The van der Waals surface area contributed by atoms with Gasteiger partial charge in [0.25, 0.3) is 0 Å². The number of phenolic OH excluding ortho intramolecular Hbond substituents is 1. The Bertz CT molecular complexity index is 873. The molecule has 2 aromatic rings. The molecule has 6 heteroatoms. The molecule has 0 radical (unpaired) electrons. The maximum Gasteiger partial charge on any atom is 0.134 e. The molecule has 28 heavy (non-hydrogen) atoms. The molecular formula is C22H25F3N2O. The van der Waals surface area contributed by atoms with E-state index in [0.29, 0.717) is 0 Å². The van der Waals surface area contributed by atoms with Crippen LogP contribution >= 0.6 is 0 Å². The molecule has 2 aliphatic heterocycles. The first-order valence-electron chi connectivity index (χ1n) is 9.64. The summed E-state index contributed by atoms with van der Waals surface area (Å²) in [5.74, 6) is -2.01. The average Bonchev–Trinajstić information content (AvgIpc) is 2.94. The van der Waals surface area contributed by atoms with Crippen molar-refractivity contribution >= 4 is 5.69 Å². The van der Waals surface area contributed by atoms with Crippen molar-refractivity contribution in [3.63, 3.8) is 0 Å². The van der Waals surface area contributed by atoms with Gasteiger partial charge in [-0.2, -0.15) is 0 Å². The molecule has 0 aromatic heterocycles. The number of rotatable bonds is 3. The molecule has 0 spiro atoms. The van der Waals surface area contributed by atoms with Crippen LogP contribution in [0.25, 0.3) is 0 Å². The highest BCUT2D eigenvalue weighted by molar-refractivity contribution is 5.61. The Labute approximate surface area is 163 Å². The number of nitrogens with one attached hydrogen (secondary N) is 1. The summed E-state index contributed by atoms with van der Waals surface area (Å²) in [6, 6.07) is 8.68. The molecule has 4 atom stereocenters. The second-order valence-corrected chi connectivity index (χ2v) is 8.61. The predicted octanol–water partition coefficient (Wildman–Crippen LogP) is 5.13. The molecule has 0 saturated carbocycles. The summed E-state index contributed by atoms with van der Waals surface area (Å²) in [6.07, 6.45) is 0.766.